The number of aryl methyl sites for hydroxylation is 2. The number of halogens is 1. The number of hydrogen-bond acceptors (Lipinski definition) is 2. The minimum atomic E-state index is -0.0753. The third kappa shape index (κ3) is 2.84. The zero-order valence-corrected chi connectivity index (χ0v) is 14.9. The molecular weight excluding hydrogens is 326 g/mol. The van der Waals surface area contributed by atoms with Gasteiger partial charge in [0, 0.05) is 22.7 Å². The van der Waals surface area contributed by atoms with Crippen molar-refractivity contribution < 1.29 is 0 Å². The second kappa shape index (κ2) is 5.95. The lowest BCUT2D eigenvalue weighted by Gasteiger charge is -2.13. The molecule has 1 unspecified atom stereocenters. The van der Waals surface area contributed by atoms with E-state index >= 15 is 0 Å². The van der Waals surface area contributed by atoms with Crippen molar-refractivity contribution in [2.45, 2.75) is 26.7 Å². The first-order chi connectivity index (χ1) is 10.9. The van der Waals surface area contributed by atoms with Crippen molar-refractivity contribution in [3.63, 3.8) is 0 Å². The van der Waals surface area contributed by atoms with Crippen molar-refractivity contribution in [3.05, 3.63) is 58.4 Å². The summed E-state index contributed by atoms with van der Waals surface area (Å²) in [6.45, 7) is 6.05. The van der Waals surface area contributed by atoms with E-state index in [-0.39, 0.29) is 5.92 Å². The Morgan fingerprint density at radius 2 is 2.00 bits per heavy atom. The van der Waals surface area contributed by atoms with Crippen LogP contribution in [0.3, 0.4) is 0 Å². The maximum absolute atomic E-state index is 6.15. The molecule has 3 nitrogen and oxygen atoms in total. The zero-order valence-electron chi connectivity index (χ0n) is 13.3. The molecule has 2 heterocycles. The van der Waals surface area contributed by atoms with Gasteiger partial charge in [-0.2, -0.15) is 0 Å². The highest BCUT2D eigenvalue weighted by Gasteiger charge is 2.21. The first-order valence-electron chi connectivity index (χ1n) is 7.43. The number of nitrogens with two attached hydrogens (primary N) is 1. The zero-order chi connectivity index (χ0) is 16.7. The highest BCUT2D eigenvalue weighted by atomic mass is 35.5. The SMILES string of the molecule is Cc1ccn2c(C(C)C(N)=S)c(-c3ccc(Cl)c(C)c3)nc2c1. The molecule has 0 saturated carbocycles. The summed E-state index contributed by atoms with van der Waals surface area (Å²) in [5, 5.41) is 0.748. The van der Waals surface area contributed by atoms with E-state index in [1.165, 1.54) is 0 Å². The molecule has 0 saturated heterocycles. The number of hydrogen-bond donors (Lipinski definition) is 1. The molecule has 118 valence electrons. The average Bonchev–Trinajstić information content (AvgIpc) is 2.87. The highest BCUT2D eigenvalue weighted by molar-refractivity contribution is 7.80. The van der Waals surface area contributed by atoms with Crippen LogP contribution >= 0.6 is 23.8 Å². The summed E-state index contributed by atoms with van der Waals surface area (Å²) < 4.78 is 2.07. The number of imidazole rings is 1. The molecule has 0 fully saturated rings. The fourth-order valence-electron chi connectivity index (χ4n) is 2.72. The van der Waals surface area contributed by atoms with E-state index in [0.29, 0.717) is 4.99 Å². The van der Waals surface area contributed by atoms with Crippen LogP contribution < -0.4 is 5.73 Å². The minimum absolute atomic E-state index is 0.0753. The Bertz CT molecular complexity index is 914. The van der Waals surface area contributed by atoms with Crippen molar-refractivity contribution in [1.82, 2.24) is 9.38 Å². The van der Waals surface area contributed by atoms with Gasteiger partial charge in [-0.05, 0) is 49.2 Å². The first-order valence-corrected chi connectivity index (χ1v) is 8.21. The molecule has 3 aromatic rings. The summed E-state index contributed by atoms with van der Waals surface area (Å²) in [6.07, 6.45) is 2.02. The molecule has 0 aliphatic carbocycles. The number of thiocarbonyl (C=S) groups is 1. The number of fused-ring (bicyclic) bond motifs is 1. The van der Waals surface area contributed by atoms with Crippen LogP contribution in [0.25, 0.3) is 16.9 Å². The van der Waals surface area contributed by atoms with Crippen LogP contribution in [0.4, 0.5) is 0 Å². The lowest BCUT2D eigenvalue weighted by Crippen LogP contribution is -2.18. The van der Waals surface area contributed by atoms with Gasteiger partial charge in [-0.1, -0.05) is 36.8 Å². The van der Waals surface area contributed by atoms with Gasteiger partial charge in [0.2, 0.25) is 0 Å². The van der Waals surface area contributed by atoms with Gasteiger partial charge in [0.15, 0.2) is 0 Å². The highest BCUT2D eigenvalue weighted by Crippen LogP contribution is 2.32. The Morgan fingerprint density at radius 3 is 2.65 bits per heavy atom. The number of rotatable bonds is 3. The van der Waals surface area contributed by atoms with Gasteiger partial charge in [-0.15, -0.1) is 0 Å². The number of benzene rings is 1. The van der Waals surface area contributed by atoms with Crippen LogP contribution in [0.2, 0.25) is 5.02 Å². The second-order valence-electron chi connectivity index (χ2n) is 5.87. The number of aromatic nitrogens is 2. The van der Waals surface area contributed by atoms with Crippen molar-refractivity contribution >= 4 is 34.5 Å². The van der Waals surface area contributed by atoms with Gasteiger partial charge in [0.05, 0.1) is 16.4 Å². The maximum atomic E-state index is 6.15. The Hall–Kier alpha value is -1.91. The van der Waals surface area contributed by atoms with Gasteiger partial charge in [0.25, 0.3) is 0 Å². The fourth-order valence-corrected chi connectivity index (χ4v) is 2.95. The van der Waals surface area contributed by atoms with Gasteiger partial charge in [-0.3, -0.25) is 0 Å². The van der Waals surface area contributed by atoms with E-state index in [4.69, 9.17) is 34.5 Å². The molecule has 3 rings (SSSR count). The van der Waals surface area contributed by atoms with Crippen molar-refractivity contribution in [2.75, 3.05) is 0 Å². The van der Waals surface area contributed by atoms with Crippen molar-refractivity contribution in [3.8, 4) is 11.3 Å². The van der Waals surface area contributed by atoms with Crippen LogP contribution in [-0.2, 0) is 0 Å². The standard InChI is InChI=1S/C18H18ClN3S/c1-10-6-7-22-15(8-10)21-16(17(22)12(3)18(20)23)13-4-5-14(19)11(2)9-13/h4-9,12H,1-3H3,(H2,20,23). The van der Waals surface area contributed by atoms with Gasteiger partial charge in [-0.25, -0.2) is 4.98 Å². The van der Waals surface area contributed by atoms with Crippen LogP contribution in [-0.4, -0.2) is 14.4 Å². The number of nitrogens with zero attached hydrogens (tertiary/aromatic N) is 2. The molecular formula is C18H18ClN3S. The quantitative estimate of drug-likeness (QED) is 0.703. The van der Waals surface area contributed by atoms with Crippen LogP contribution in [0.1, 0.15) is 29.7 Å². The Kier molecular flexibility index (Phi) is 4.13. The van der Waals surface area contributed by atoms with Crippen LogP contribution in [0.15, 0.2) is 36.5 Å². The normalized spacial score (nSPS) is 12.5. The molecule has 0 aliphatic rings. The van der Waals surface area contributed by atoms with Gasteiger partial charge in [0.1, 0.15) is 5.65 Å². The molecule has 0 aliphatic heterocycles. The Morgan fingerprint density at radius 1 is 1.26 bits per heavy atom. The molecule has 0 bridgehead atoms. The van der Waals surface area contributed by atoms with Gasteiger partial charge < -0.3 is 10.1 Å². The fraction of sp³-hybridized carbons (Fsp3) is 0.222. The second-order valence-corrected chi connectivity index (χ2v) is 6.74. The molecule has 0 amide bonds. The summed E-state index contributed by atoms with van der Waals surface area (Å²) in [5.41, 5.74) is 11.9. The smallest absolute Gasteiger partial charge is 0.137 e. The predicted molar refractivity (Wildman–Crippen MR) is 100 cm³/mol. The number of pyridine rings is 1. The van der Waals surface area contributed by atoms with E-state index < -0.39 is 0 Å². The summed E-state index contributed by atoms with van der Waals surface area (Å²) in [6, 6.07) is 10.0. The van der Waals surface area contributed by atoms with Gasteiger partial charge >= 0.3 is 0 Å². The largest absolute Gasteiger partial charge is 0.393 e. The lowest BCUT2D eigenvalue weighted by atomic mass is 10.0. The van der Waals surface area contributed by atoms with E-state index in [1.807, 2.05) is 38.2 Å². The summed E-state index contributed by atoms with van der Waals surface area (Å²) in [5.74, 6) is -0.0753. The molecule has 0 radical (unpaired) electrons. The molecule has 5 heteroatoms. The lowest BCUT2D eigenvalue weighted by molar-refractivity contribution is 0.929. The maximum Gasteiger partial charge on any atom is 0.137 e. The van der Waals surface area contributed by atoms with E-state index in [9.17, 15) is 0 Å². The van der Waals surface area contributed by atoms with Crippen LogP contribution in [0, 0.1) is 13.8 Å². The molecule has 2 aromatic heterocycles. The Labute approximate surface area is 146 Å². The van der Waals surface area contributed by atoms with Crippen molar-refractivity contribution in [2.24, 2.45) is 5.73 Å². The van der Waals surface area contributed by atoms with Crippen LogP contribution in [0.5, 0.6) is 0 Å². The summed E-state index contributed by atoms with van der Waals surface area (Å²) in [7, 11) is 0. The van der Waals surface area contributed by atoms with E-state index in [0.717, 1.165) is 38.7 Å². The third-order valence-electron chi connectivity index (χ3n) is 4.09. The topological polar surface area (TPSA) is 43.3 Å². The predicted octanol–water partition coefficient (Wildman–Crippen LogP) is 4.66. The first kappa shape index (κ1) is 16.0. The monoisotopic (exact) mass is 343 g/mol. The van der Waals surface area contributed by atoms with E-state index in [2.05, 4.69) is 23.5 Å². The average molecular weight is 344 g/mol. The molecule has 2 N–H and O–H groups in total. The molecule has 1 atom stereocenters. The molecule has 23 heavy (non-hydrogen) atoms. The molecule has 1 aromatic carbocycles. The molecule has 0 spiro atoms. The summed E-state index contributed by atoms with van der Waals surface area (Å²) in [4.78, 5) is 5.28. The summed E-state index contributed by atoms with van der Waals surface area (Å²) >= 11 is 11.4. The third-order valence-corrected chi connectivity index (χ3v) is 4.86. The van der Waals surface area contributed by atoms with Crippen molar-refractivity contribution in [1.29, 1.82) is 0 Å². The minimum Gasteiger partial charge on any atom is -0.393 e. The Balaban J connectivity index is 2.32. The van der Waals surface area contributed by atoms with E-state index in [1.54, 1.807) is 0 Å².